The van der Waals surface area contributed by atoms with Gasteiger partial charge in [-0.15, -0.1) is 0 Å². The molecule has 0 amide bonds. The Kier molecular flexibility index (Phi) is 6.96. The molecule has 31 heavy (non-hydrogen) atoms. The Morgan fingerprint density at radius 3 is 2.65 bits per heavy atom. The fourth-order valence-electron chi connectivity index (χ4n) is 4.21. The van der Waals surface area contributed by atoms with E-state index in [1.807, 2.05) is 48.8 Å². The molecule has 1 saturated heterocycles. The summed E-state index contributed by atoms with van der Waals surface area (Å²) in [6, 6.07) is 15.0. The second-order valence-corrected chi connectivity index (χ2v) is 7.87. The van der Waals surface area contributed by atoms with Crippen LogP contribution in [-0.2, 0) is 13.1 Å². The summed E-state index contributed by atoms with van der Waals surface area (Å²) in [6.07, 6.45) is 4.45. The molecule has 2 heterocycles. The van der Waals surface area contributed by atoms with Gasteiger partial charge >= 0.3 is 0 Å². The first kappa shape index (κ1) is 21.5. The van der Waals surface area contributed by atoms with Crippen LogP contribution in [0.15, 0.2) is 60.9 Å². The molecule has 1 N–H and O–H groups in total. The third kappa shape index (κ3) is 5.12. The van der Waals surface area contributed by atoms with Gasteiger partial charge in [-0.2, -0.15) is 0 Å². The van der Waals surface area contributed by atoms with Gasteiger partial charge in [0.1, 0.15) is 17.4 Å². The first-order valence-electron chi connectivity index (χ1n) is 10.6. The van der Waals surface area contributed by atoms with E-state index in [0.29, 0.717) is 25.1 Å². The molecule has 0 saturated carbocycles. The molecule has 7 heteroatoms. The molecule has 1 aromatic heterocycles. The first-order valence-corrected chi connectivity index (χ1v) is 10.6. The van der Waals surface area contributed by atoms with Gasteiger partial charge in [-0.3, -0.25) is 9.80 Å². The number of aliphatic hydroxyl groups excluding tert-OH is 1. The molecule has 1 aliphatic heterocycles. The van der Waals surface area contributed by atoms with Crippen molar-refractivity contribution < 1.29 is 14.2 Å². The van der Waals surface area contributed by atoms with E-state index in [0.717, 1.165) is 36.9 Å². The fraction of sp³-hybridized carbons (Fsp3) is 0.375. The van der Waals surface area contributed by atoms with E-state index in [2.05, 4.69) is 19.4 Å². The summed E-state index contributed by atoms with van der Waals surface area (Å²) in [4.78, 5) is 9.22. The number of aliphatic hydroxyl groups is 1. The van der Waals surface area contributed by atoms with Crippen LogP contribution in [0.4, 0.5) is 4.39 Å². The van der Waals surface area contributed by atoms with Crippen LogP contribution in [0.2, 0.25) is 0 Å². The van der Waals surface area contributed by atoms with Crippen LogP contribution >= 0.6 is 0 Å². The van der Waals surface area contributed by atoms with E-state index >= 15 is 0 Å². The number of imidazole rings is 1. The van der Waals surface area contributed by atoms with Crippen LogP contribution < -0.4 is 4.74 Å². The largest absolute Gasteiger partial charge is 0.497 e. The van der Waals surface area contributed by atoms with Gasteiger partial charge < -0.3 is 14.4 Å². The van der Waals surface area contributed by atoms with Crippen molar-refractivity contribution in [1.29, 1.82) is 0 Å². The highest BCUT2D eigenvalue weighted by Gasteiger charge is 2.28. The summed E-state index contributed by atoms with van der Waals surface area (Å²) in [5, 5.41) is 9.59. The van der Waals surface area contributed by atoms with E-state index < -0.39 is 0 Å². The molecule has 3 aromatic rings. The van der Waals surface area contributed by atoms with Gasteiger partial charge in [-0.25, -0.2) is 9.37 Å². The zero-order valence-corrected chi connectivity index (χ0v) is 17.8. The number of rotatable bonds is 8. The second kappa shape index (κ2) is 10.0. The number of halogens is 1. The molecule has 164 valence electrons. The molecular weight excluding hydrogens is 395 g/mol. The van der Waals surface area contributed by atoms with Gasteiger partial charge in [-0.1, -0.05) is 18.2 Å². The molecule has 0 unspecified atom stereocenters. The van der Waals surface area contributed by atoms with Crippen LogP contribution in [0.1, 0.15) is 17.8 Å². The van der Waals surface area contributed by atoms with Crippen molar-refractivity contribution in [2.45, 2.75) is 25.6 Å². The lowest BCUT2D eigenvalue weighted by Gasteiger charge is -2.41. The quantitative estimate of drug-likeness (QED) is 0.602. The number of ether oxygens (including phenoxy) is 1. The van der Waals surface area contributed by atoms with E-state index in [9.17, 15) is 9.50 Å². The zero-order chi connectivity index (χ0) is 21.6. The minimum atomic E-state index is -0.172. The highest BCUT2D eigenvalue weighted by Crippen LogP contribution is 2.21. The average molecular weight is 425 g/mol. The molecule has 1 atom stereocenters. The van der Waals surface area contributed by atoms with Crippen molar-refractivity contribution in [2.24, 2.45) is 0 Å². The lowest BCUT2D eigenvalue weighted by atomic mass is 10.1. The molecule has 4 rings (SSSR count). The standard InChI is InChI=1S/C24H29FN4O2/c1-31-22-8-6-20(7-9-22)29-12-11-26-24(29)18-27-13-14-28(21(17-27)10-15-30)16-19-4-2-3-5-23(19)25/h2-9,11-12,21,30H,10,13-18H2,1H3/t21-/m1/s1. The molecule has 6 nitrogen and oxygen atoms in total. The van der Waals surface area contributed by atoms with Crippen LogP contribution in [0.25, 0.3) is 5.69 Å². The molecule has 0 bridgehead atoms. The third-order valence-corrected chi connectivity index (χ3v) is 5.92. The number of methoxy groups -OCH3 is 1. The van der Waals surface area contributed by atoms with Gasteiger partial charge in [0.2, 0.25) is 0 Å². The average Bonchev–Trinajstić information content (AvgIpc) is 3.25. The predicted molar refractivity (Wildman–Crippen MR) is 118 cm³/mol. The molecule has 0 aliphatic carbocycles. The Labute approximate surface area is 182 Å². The first-order chi connectivity index (χ1) is 15.2. The molecule has 2 aromatic carbocycles. The number of piperazine rings is 1. The monoisotopic (exact) mass is 424 g/mol. The Hall–Kier alpha value is -2.74. The summed E-state index contributed by atoms with van der Waals surface area (Å²) in [5.41, 5.74) is 1.74. The maximum absolute atomic E-state index is 14.1. The zero-order valence-electron chi connectivity index (χ0n) is 17.8. The third-order valence-electron chi connectivity index (χ3n) is 5.92. The van der Waals surface area contributed by atoms with Crippen molar-refractivity contribution >= 4 is 0 Å². The van der Waals surface area contributed by atoms with Gasteiger partial charge in [0.15, 0.2) is 0 Å². The predicted octanol–water partition coefficient (Wildman–Crippen LogP) is 3.09. The van der Waals surface area contributed by atoms with Crippen molar-refractivity contribution in [3.05, 3.63) is 78.1 Å². The number of hydrogen-bond donors (Lipinski definition) is 1. The van der Waals surface area contributed by atoms with Crippen LogP contribution in [-0.4, -0.2) is 63.9 Å². The highest BCUT2D eigenvalue weighted by molar-refractivity contribution is 5.38. The Morgan fingerprint density at radius 1 is 1.10 bits per heavy atom. The van der Waals surface area contributed by atoms with Crippen LogP contribution in [0.5, 0.6) is 5.75 Å². The van der Waals surface area contributed by atoms with Crippen molar-refractivity contribution in [1.82, 2.24) is 19.4 Å². The Balaban J connectivity index is 1.44. The van der Waals surface area contributed by atoms with E-state index in [1.165, 1.54) is 6.07 Å². The minimum absolute atomic E-state index is 0.118. The number of nitrogens with zero attached hydrogens (tertiary/aromatic N) is 4. The van der Waals surface area contributed by atoms with E-state index in [1.54, 1.807) is 13.2 Å². The summed E-state index contributed by atoms with van der Waals surface area (Å²) in [7, 11) is 1.66. The lowest BCUT2D eigenvalue weighted by molar-refractivity contribution is 0.0479. The summed E-state index contributed by atoms with van der Waals surface area (Å²) < 4.78 is 21.5. The SMILES string of the molecule is COc1ccc(-n2ccnc2CN2CCN(Cc3ccccc3F)[C@H](CCO)C2)cc1. The van der Waals surface area contributed by atoms with Crippen LogP contribution in [0, 0.1) is 5.82 Å². The van der Waals surface area contributed by atoms with Gasteiger partial charge in [0.25, 0.3) is 0 Å². The number of hydrogen-bond acceptors (Lipinski definition) is 5. The van der Waals surface area contributed by atoms with Crippen molar-refractivity contribution in [3.8, 4) is 11.4 Å². The van der Waals surface area contributed by atoms with E-state index in [4.69, 9.17) is 4.74 Å². The van der Waals surface area contributed by atoms with Crippen molar-refractivity contribution in [2.75, 3.05) is 33.4 Å². The molecule has 1 fully saturated rings. The van der Waals surface area contributed by atoms with Crippen LogP contribution in [0.3, 0.4) is 0 Å². The summed E-state index contributed by atoms with van der Waals surface area (Å²) >= 11 is 0. The maximum Gasteiger partial charge on any atom is 0.127 e. The molecular formula is C24H29FN4O2. The second-order valence-electron chi connectivity index (χ2n) is 7.87. The number of benzene rings is 2. The highest BCUT2D eigenvalue weighted by atomic mass is 19.1. The molecule has 1 aliphatic rings. The maximum atomic E-state index is 14.1. The smallest absolute Gasteiger partial charge is 0.127 e. The van der Waals surface area contributed by atoms with Gasteiger partial charge in [-0.05, 0) is 36.8 Å². The summed E-state index contributed by atoms with van der Waals surface area (Å²) in [6.45, 7) is 3.89. The normalized spacial score (nSPS) is 17.7. The van der Waals surface area contributed by atoms with Gasteiger partial charge in [0.05, 0.1) is 13.7 Å². The molecule has 0 spiro atoms. The number of aromatic nitrogens is 2. The van der Waals surface area contributed by atoms with E-state index in [-0.39, 0.29) is 18.5 Å². The lowest BCUT2D eigenvalue weighted by Crippen LogP contribution is -2.52. The topological polar surface area (TPSA) is 53.8 Å². The summed E-state index contributed by atoms with van der Waals surface area (Å²) in [5.74, 6) is 1.62. The fourth-order valence-corrected chi connectivity index (χ4v) is 4.21. The van der Waals surface area contributed by atoms with Gasteiger partial charge in [0, 0.05) is 62.5 Å². The Morgan fingerprint density at radius 2 is 1.90 bits per heavy atom. The Bertz CT molecular complexity index is 976. The van der Waals surface area contributed by atoms with Crippen molar-refractivity contribution in [3.63, 3.8) is 0 Å². The molecule has 0 radical (unpaired) electrons. The minimum Gasteiger partial charge on any atom is -0.497 e.